The van der Waals surface area contributed by atoms with E-state index in [2.05, 4.69) is 20.9 Å². The summed E-state index contributed by atoms with van der Waals surface area (Å²) < 4.78 is 27.3. The predicted octanol–water partition coefficient (Wildman–Crippen LogP) is 3.72. The summed E-state index contributed by atoms with van der Waals surface area (Å²) >= 11 is 8.54. The number of nitrogen functional groups attached to an aromatic ring is 1. The Bertz CT molecular complexity index is 725. The van der Waals surface area contributed by atoms with Crippen LogP contribution < -0.4 is 5.73 Å². The van der Waals surface area contributed by atoms with E-state index in [1.807, 2.05) is 0 Å². The van der Waals surface area contributed by atoms with Gasteiger partial charge in [-0.2, -0.15) is 0 Å². The van der Waals surface area contributed by atoms with Gasteiger partial charge < -0.3 is 10.8 Å². The third kappa shape index (κ3) is 2.46. The number of carboxylic acids is 1. The Balaban J connectivity index is 2.71. The molecular formula is C12H6BrClF2N2O2. The molecule has 0 spiro atoms. The lowest BCUT2D eigenvalue weighted by Crippen LogP contribution is -2.06. The van der Waals surface area contributed by atoms with Crippen molar-refractivity contribution in [1.29, 1.82) is 0 Å². The second-order valence-electron chi connectivity index (χ2n) is 3.79. The van der Waals surface area contributed by atoms with Crippen molar-refractivity contribution in [3.63, 3.8) is 0 Å². The van der Waals surface area contributed by atoms with Crippen LogP contribution in [-0.2, 0) is 0 Å². The molecule has 1 aromatic heterocycles. The van der Waals surface area contributed by atoms with Crippen LogP contribution in [-0.4, -0.2) is 16.1 Å². The lowest BCUT2D eigenvalue weighted by atomic mass is 10.1. The van der Waals surface area contributed by atoms with Gasteiger partial charge in [0.1, 0.15) is 0 Å². The number of carbonyl (C=O) groups is 1. The zero-order valence-electron chi connectivity index (χ0n) is 9.62. The minimum Gasteiger partial charge on any atom is -0.476 e. The molecule has 104 valence electrons. The molecule has 0 fully saturated rings. The van der Waals surface area contributed by atoms with E-state index < -0.39 is 23.3 Å². The first-order valence-electron chi connectivity index (χ1n) is 5.16. The van der Waals surface area contributed by atoms with Gasteiger partial charge in [-0.05, 0) is 34.1 Å². The maximum Gasteiger partial charge on any atom is 0.356 e. The van der Waals surface area contributed by atoms with Crippen molar-refractivity contribution in [2.24, 2.45) is 0 Å². The molecular weight excluding hydrogens is 357 g/mol. The van der Waals surface area contributed by atoms with E-state index in [0.717, 1.165) is 0 Å². The van der Waals surface area contributed by atoms with Crippen molar-refractivity contribution in [2.75, 3.05) is 5.73 Å². The number of rotatable bonds is 2. The van der Waals surface area contributed by atoms with Gasteiger partial charge in [-0.3, -0.25) is 0 Å². The minimum atomic E-state index is -1.42. The van der Waals surface area contributed by atoms with Gasteiger partial charge >= 0.3 is 5.97 Å². The molecule has 0 aliphatic heterocycles. The lowest BCUT2D eigenvalue weighted by molar-refractivity contribution is 0.0691. The van der Waals surface area contributed by atoms with Gasteiger partial charge in [0.05, 0.1) is 20.9 Å². The maximum atomic E-state index is 13.8. The monoisotopic (exact) mass is 362 g/mol. The van der Waals surface area contributed by atoms with E-state index in [1.165, 1.54) is 18.2 Å². The Kier molecular flexibility index (Phi) is 3.92. The zero-order chi connectivity index (χ0) is 15.0. The molecule has 0 aliphatic carbocycles. The summed E-state index contributed by atoms with van der Waals surface area (Å²) in [6.45, 7) is 0. The number of nitrogens with two attached hydrogens (primary N) is 1. The van der Waals surface area contributed by atoms with Gasteiger partial charge in [-0.15, -0.1) is 0 Å². The maximum absolute atomic E-state index is 13.8. The van der Waals surface area contributed by atoms with Crippen LogP contribution in [0.25, 0.3) is 11.3 Å². The highest BCUT2D eigenvalue weighted by atomic mass is 79.9. The summed E-state index contributed by atoms with van der Waals surface area (Å²) in [7, 11) is 0. The van der Waals surface area contributed by atoms with Gasteiger partial charge in [0.25, 0.3) is 0 Å². The molecule has 20 heavy (non-hydrogen) atoms. The van der Waals surface area contributed by atoms with E-state index in [-0.39, 0.29) is 26.4 Å². The third-order valence-electron chi connectivity index (χ3n) is 2.50. The summed E-state index contributed by atoms with van der Waals surface area (Å²) in [5.74, 6) is -3.68. The van der Waals surface area contributed by atoms with Crippen molar-refractivity contribution < 1.29 is 18.7 Å². The number of carboxylic acid groups (broad SMARTS) is 1. The molecule has 4 nitrogen and oxygen atoms in total. The highest BCUT2D eigenvalue weighted by Crippen LogP contribution is 2.31. The lowest BCUT2D eigenvalue weighted by Gasteiger charge is -2.09. The van der Waals surface area contributed by atoms with Crippen LogP contribution in [0.3, 0.4) is 0 Å². The molecule has 3 N–H and O–H groups in total. The number of pyridine rings is 1. The summed E-state index contributed by atoms with van der Waals surface area (Å²) in [4.78, 5) is 14.7. The topological polar surface area (TPSA) is 76.2 Å². The van der Waals surface area contributed by atoms with E-state index in [9.17, 15) is 13.6 Å². The predicted molar refractivity (Wildman–Crippen MR) is 73.7 cm³/mol. The molecule has 0 unspecified atom stereocenters. The SMILES string of the molecule is Nc1cc(-c2ccc(Br)c(F)c2F)nc(C(=O)O)c1Cl. The highest BCUT2D eigenvalue weighted by Gasteiger charge is 2.19. The number of anilines is 1. The molecule has 0 amide bonds. The summed E-state index contributed by atoms with van der Waals surface area (Å²) in [6, 6.07) is 3.71. The van der Waals surface area contributed by atoms with Crippen LogP contribution in [0.1, 0.15) is 10.5 Å². The largest absolute Gasteiger partial charge is 0.476 e. The summed E-state index contributed by atoms with van der Waals surface area (Å²) in [5.41, 5.74) is 4.61. The van der Waals surface area contributed by atoms with Gasteiger partial charge in [-0.25, -0.2) is 18.6 Å². The number of nitrogens with zero attached hydrogens (tertiary/aromatic N) is 1. The van der Waals surface area contributed by atoms with Crippen LogP contribution in [0, 0.1) is 11.6 Å². The van der Waals surface area contributed by atoms with E-state index >= 15 is 0 Å². The highest BCUT2D eigenvalue weighted by molar-refractivity contribution is 9.10. The Morgan fingerprint density at radius 1 is 1.35 bits per heavy atom. The van der Waals surface area contributed by atoms with Crippen LogP contribution in [0.15, 0.2) is 22.7 Å². The summed E-state index contributed by atoms with van der Waals surface area (Å²) in [5, 5.41) is 8.70. The second kappa shape index (κ2) is 5.34. The van der Waals surface area contributed by atoms with Crippen LogP contribution in [0.2, 0.25) is 5.02 Å². The molecule has 8 heteroatoms. The molecule has 0 saturated carbocycles. The molecule has 0 saturated heterocycles. The molecule has 0 radical (unpaired) electrons. The molecule has 2 aromatic rings. The average Bonchev–Trinajstić information content (AvgIpc) is 2.39. The Morgan fingerprint density at radius 2 is 2.00 bits per heavy atom. The van der Waals surface area contributed by atoms with Crippen molar-refractivity contribution in [3.8, 4) is 11.3 Å². The molecule has 2 rings (SSSR count). The molecule has 0 aliphatic rings. The molecule has 1 aromatic carbocycles. The van der Waals surface area contributed by atoms with Crippen LogP contribution in [0.5, 0.6) is 0 Å². The number of hydrogen-bond donors (Lipinski definition) is 2. The first-order chi connectivity index (χ1) is 9.32. The van der Waals surface area contributed by atoms with E-state index in [1.54, 1.807) is 0 Å². The van der Waals surface area contributed by atoms with Crippen molar-refractivity contribution in [1.82, 2.24) is 4.98 Å². The smallest absolute Gasteiger partial charge is 0.356 e. The minimum absolute atomic E-state index is 0.0563. The normalized spacial score (nSPS) is 10.6. The first-order valence-corrected chi connectivity index (χ1v) is 6.33. The third-order valence-corrected chi connectivity index (χ3v) is 3.51. The Labute approximate surface area is 125 Å². The Morgan fingerprint density at radius 3 is 2.60 bits per heavy atom. The van der Waals surface area contributed by atoms with Crippen molar-refractivity contribution >= 4 is 39.2 Å². The fourth-order valence-electron chi connectivity index (χ4n) is 1.55. The fourth-order valence-corrected chi connectivity index (χ4v) is 2.04. The van der Waals surface area contributed by atoms with Crippen LogP contribution >= 0.6 is 27.5 Å². The van der Waals surface area contributed by atoms with Gasteiger partial charge in [-0.1, -0.05) is 11.6 Å². The number of benzene rings is 1. The van der Waals surface area contributed by atoms with E-state index in [0.29, 0.717) is 0 Å². The summed E-state index contributed by atoms with van der Waals surface area (Å²) in [6.07, 6.45) is 0. The van der Waals surface area contributed by atoms with Crippen molar-refractivity contribution in [2.45, 2.75) is 0 Å². The average molecular weight is 364 g/mol. The molecule has 0 atom stereocenters. The quantitative estimate of drug-likeness (QED) is 0.797. The first kappa shape index (κ1) is 14.7. The number of aromatic carboxylic acids is 1. The number of halogens is 4. The fraction of sp³-hybridized carbons (Fsp3) is 0. The zero-order valence-corrected chi connectivity index (χ0v) is 12.0. The van der Waals surface area contributed by atoms with Crippen LogP contribution in [0.4, 0.5) is 14.5 Å². The van der Waals surface area contributed by atoms with Gasteiger partial charge in [0.2, 0.25) is 0 Å². The van der Waals surface area contributed by atoms with Gasteiger partial charge in [0.15, 0.2) is 17.3 Å². The standard InChI is InChI=1S/C12H6BrClF2N2O2/c13-5-2-1-4(9(15)10(5)16)7-3-6(17)8(14)11(18-7)12(19)20/h1-3H,(H2,17,18)(H,19,20). The molecule has 1 heterocycles. The molecule has 0 bridgehead atoms. The number of hydrogen-bond acceptors (Lipinski definition) is 3. The number of aromatic nitrogens is 1. The Hall–Kier alpha value is -1.73. The van der Waals surface area contributed by atoms with Crippen molar-refractivity contribution in [3.05, 3.63) is 45.0 Å². The van der Waals surface area contributed by atoms with E-state index in [4.69, 9.17) is 22.4 Å². The van der Waals surface area contributed by atoms with Gasteiger partial charge in [0, 0.05) is 5.56 Å². The second-order valence-corrected chi connectivity index (χ2v) is 5.02.